The average molecular weight is 486 g/mol. The lowest BCUT2D eigenvalue weighted by atomic mass is 10.0. The van der Waals surface area contributed by atoms with Crippen LogP contribution in [0.1, 0.15) is 37.7 Å². The smallest absolute Gasteiger partial charge is 0.116 e. The first-order valence-electron chi connectivity index (χ1n) is 12.8. The molecule has 2 aliphatic carbocycles. The van der Waals surface area contributed by atoms with Crippen LogP contribution in [0.5, 0.6) is 0 Å². The highest BCUT2D eigenvalue weighted by atomic mass is 15.1. The molecule has 1 saturated carbocycles. The van der Waals surface area contributed by atoms with Crippen LogP contribution in [-0.4, -0.2) is 30.1 Å². The molecule has 7 heteroatoms. The summed E-state index contributed by atoms with van der Waals surface area (Å²) in [4.78, 5) is 17.1. The summed E-state index contributed by atoms with van der Waals surface area (Å²) in [5.74, 6) is 0.541. The molecule has 5 aromatic rings. The number of hydrogen-bond donors (Lipinski definition) is 3. The van der Waals surface area contributed by atoms with Gasteiger partial charge in [0, 0.05) is 40.0 Å². The minimum Gasteiger partial charge on any atom is -0.358 e. The molecule has 0 saturated heterocycles. The van der Waals surface area contributed by atoms with Gasteiger partial charge in [0.2, 0.25) is 0 Å². The monoisotopic (exact) mass is 485 g/mol. The van der Waals surface area contributed by atoms with Crippen LogP contribution in [0, 0.1) is 5.92 Å². The van der Waals surface area contributed by atoms with Crippen molar-refractivity contribution in [2.24, 2.45) is 5.92 Å². The van der Waals surface area contributed by atoms with Gasteiger partial charge in [-0.05, 0) is 49.0 Å². The third kappa shape index (κ3) is 3.93. The van der Waals surface area contributed by atoms with Gasteiger partial charge in [0.05, 0.1) is 46.7 Å². The zero-order valence-corrected chi connectivity index (χ0v) is 20.5. The van der Waals surface area contributed by atoms with E-state index in [2.05, 4.69) is 73.5 Å². The van der Waals surface area contributed by atoms with Gasteiger partial charge in [-0.25, -0.2) is 0 Å². The zero-order valence-electron chi connectivity index (χ0n) is 20.5. The fourth-order valence-electron chi connectivity index (χ4n) is 5.56. The van der Waals surface area contributed by atoms with Crippen LogP contribution in [0.25, 0.3) is 50.0 Å². The fraction of sp³-hybridized carbons (Fsp3) is 0.200. The number of hydrogen-bond acceptors (Lipinski definition) is 5. The molecule has 5 aromatic heterocycles. The van der Waals surface area contributed by atoms with Gasteiger partial charge < -0.3 is 10.3 Å². The van der Waals surface area contributed by atoms with Crippen LogP contribution in [0.2, 0.25) is 0 Å². The summed E-state index contributed by atoms with van der Waals surface area (Å²) >= 11 is 0. The first kappa shape index (κ1) is 21.7. The third-order valence-electron chi connectivity index (χ3n) is 7.52. The van der Waals surface area contributed by atoms with Crippen molar-refractivity contribution >= 4 is 33.1 Å². The second kappa shape index (κ2) is 8.85. The molecule has 5 heterocycles. The van der Waals surface area contributed by atoms with Crippen molar-refractivity contribution in [2.75, 3.05) is 5.32 Å². The number of fused-ring (bicyclic) bond motifs is 2. The molecule has 0 amide bonds. The second-order valence-electron chi connectivity index (χ2n) is 9.91. The highest BCUT2D eigenvalue weighted by molar-refractivity contribution is 6.00. The van der Waals surface area contributed by atoms with Crippen molar-refractivity contribution in [2.45, 2.75) is 32.1 Å². The molecular formula is C30H27N7. The normalized spacial score (nSPS) is 15.6. The minimum atomic E-state index is 0.541. The number of H-pyrrole nitrogens is 2. The van der Waals surface area contributed by atoms with Crippen molar-refractivity contribution in [3.05, 3.63) is 85.3 Å². The van der Waals surface area contributed by atoms with Crippen LogP contribution < -0.4 is 5.32 Å². The van der Waals surface area contributed by atoms with E-state index in [1.54, 1.807) is 0 Å². The molecule has 37 heavy (non-hydrogen) atoms. The molecule has 0 radical (unpaired) electrons. The SMILES string of the molecule is C=C(Nc1cncc(-c2cc3c(-c4cc5c(C6=CCC=C6)cncc5[nH]4)n[nH]c3cn2)c1)C1CCCC1. The molecule has 0 aromatic carbocycles. The van der Waals surface area contributed by atoms with E-state index >= 15 is 0 Å². The van der Waals surface area contributed by atoms with Crippen LogP contribution in [0.15, 0.2) is 79.7 Å². The van der Waals surface area contributed by atoms with E-state index in [4.69, 9.17) is 4.98 Å². The van der Waals surface area contributed by atoms with Crippen molar-refractivity contribution in [1.82, 2.24) is 30.1 Å². The number of aromatic amines is 2. The Morgan fingerprint density at radius 3 is 2.70 bits per heavy atom. The van der Waals surface area contributed by atoms with Gasteiger partial charge >= 0.3 is 0 Å². The van der Waals surface area contributed by atoms with Gasteiger partial charge in [0.1, 0.15) is 5.69 Å². The van der Waals surface area contributed by atoms with E-state index < -0.39 is 0 Å². The lowest BCUT2D eigenvalue weighted by Gasteiger charge is -2.15. The van der Waals surface area contributed by atoms with E-state index in [-0.39, 0.29) is 0 Å². The predicted octanol–water partition coefficient (Wildman–Crippen LogP) is 7.02. The molecule has 7 nitrogen and oxygen atoms in total. The lowest BCUT2D eigenvalue weighted by Crippen LogP contribution is -2.07. The zero-order chi connectivity index (χ0) is 24.8. The Balaban J connectivity index is 1.24. The molecule has 3 N–H and O–H groups in total. The number of nitrogens with zero attached hydrogens (tertiary/aromatic N) is 4. The van der Waals surface area contributed by atoms with Crippen molar-refractivity contribution in [3.8, 4) is 22.6 Å². The van der Waals surface area contributed by atoms with E-state index in [9.17, 15) is 0 Å². The van der Waals surface area contributed by atoms with Gasteiger partial charge in [0.25, 0.3) is 0 Å². The van der Waals surface area contributed by atoms with Crippen molar-refractivity contribution < 1.29 is 0 Å². The molecular weight excluding hydrogens is 458 g/mol. The highest BCUT2D eigenvalue weighted by Crippen LogP contribution is 2.35. The molecule has 182 valence electrons. The first-order valence-corrected chi connectivity index (χ1v) is 12.8. The minimum absolute atomic E-state index is 0.541. The summed E-state index contributed by atoms with van der Waals surface area (Å²) in [7, 11) is 0. The molecule has 0 unspecified atom stereocenters. The summed E-state index contributed by atoms with van der Waals surface area (Å²) in [6, 6.07) is 6.33. The van der Waals surface area contributed by atoms with Gasteiger partial charge in [-0.15, -0.1) is 0 Å². The Labute approximate surface area is 214 Å². The maximum atomic E-state index is 4.69. The number of aromatic nitrogens is 6. The molecule has 7 rings (SSSR count). The molecule has 0 aliphatic heterocycles. The van der Waals surface area contributed by atoms with Crippen LogP contribution in [0.3, 0.4) is 0 Å². The maximum Gasteiger partial charge on any atom is 0.116 e. The standard InChI is InChI=1S/C30H27N7/c1-18(19-6-2-3-7-19)34-22-10-21(13-31-14-22)26-12-24-29(17-33-26)36-37-30(24)27-11-23-25(20-8-4-5-9-20)15-32-16-28(23)35-27/h4,8-17,19,34-35H,1-3,5-7H2,(H,36,37). The van der Waals surface area contributed by atoms with Crippen LogP contribution in [-0.2, 0) is 0 Å². The first-order chi connectivity index (χ1) is 18.2. The summed E-state index contributed by atoms with van der Waals surface area (Å²) < 4.78 is 0. The van der Waals surface area contributed by atoms with Gasteiger partial charge in [-0.1, -0.05) is 37.6 Å². The number of nitrogens with one attached hydrogen (secondary N) is 3. The third-order valence-corrected chi connectivity index (χ3v) is 7.52. The molecule has 0 spiro atoms. The summed E-state index contributed by atoms with van der Waals surface area (Å²) in [6.07, 6.45) is 21.8. The highest BCUT2D eigenvalue weighted by Gasteiger charge is 2.19. The van der Waals surface area contributed by atoms with Crippen molar-refractivity contribution in [3.63, 3.8) is 0 Å². The summed E-state index contributed by atoms with van der Waals surface area (Å²) in [6.45, 7) is 4.28. The number of allylic oxidation sites excluding steroid dienone is 5. The van der Waals surface area contributed by atoms with E-state index in [1.165, 1.54) is 31.3 Å². The predicted molar refractivity (Wildman–Crippen MR) is 149 cm³/mol. The quantitative estimate of drug-likeness (QED) is 0.240. The second-order valence-corrected chi connectivity index (χ2v) is 9.91. The fourth-order valence-corrected chi connectivity index (χ4v) is 5.56. The van der Waals surface area contributed by atoms with Crippen molar-refractivity contribution in [1.29, 1.82) is 0 Å². The molecule has 2 aliphatic rings. The number of pyridine rings is 3. The van der Waals surface area contributed by atoms with Crippen LogP contribution in [0.4, 0.5) is 5.69 Å². The van der Waals surface area contributed by atoms with E-state index in [0.29, 0.717) is 5.92 Å². The van der Waals surface area contributed by atoms with E-state index in [0.717, 1.165) is 67.8 Å². The Bertz CT molecular complexity index is 1710. The van der Waals surface area contributed by atoms with Gasteiger partial charge in [0.15, 0.2) is 0 Å². The molecule has 1 fully saturated rings. The Hall–Kier alpha value is -4.52. The number of anilines is 1. The maximum absolute atomic E-state index is 4.69. The number of rotatable bonds is 6. The summed E-state index contributed by atoms with van der Waals surface area (Å²) in [5, 5.41) is 13.4. The Morgan fingerprint density at radius 2 is 1.84 bits per heavy atom. The van der Waals surface area contributed by atoms with E-state index in [1.807, 2.05) is 31.0 Å². The van der Waals surface area contributed by atoms with Crippen LogP contribution >= 0.6 is 0 Å². The van der Waals surface area contributed by atoms with Gasteiger partial charge in [-0.2, -0.15) is 5.10 Å². The van der Waals surface area contributed by atoms with Gasteiger partial charge in [-0.3, -0.25) is 20.1 Å². The Kier molecular flexibility index (Phi) is 5.20. The molecule has 0 bridgehead atoms. The largest absolute Gasteiger partial charge is 0.358 e. The lowest BCUT2D eigenvalue weighted by molar-refractivity contribution is 0.649. The Morgan fingerprint density at radius 1 is 0.946 bits per heavy atom. The topological polar surface area (TPSA) is 95.2 Å². The summed E-state index contributed by atoms with van der Waals surface area (Å²) in [5.41, 5.74) is 9.81. The average Bonchev–Trinajstić information content (AvgIpc) is 3.74. The molecule has 0 atom stereocenters.